The molecule has 220 valence electrons. The van der Waals surface area contributed by atoms with Crippen LogP contribution in [0.1, 0.15) is 53.4 Å². The first-order valence-corrected chi connectivity index (χ1v) is 13.3. The Kier molecular flexibility index (Phi) is 15.8. The molecule has 0 saturated carbocycles. The van der Waals surface area contributed by atoms with Crippen molar-refractivity contribution < 1.29 is 33.4 Å². The van der Waals surface area contributed by atoms with Gasteiger partial charge in [-0.2, -0.15) is 0 Å². The van der Waals surface area contributed by atoms with Gasteiger partial charge in [0.1, 0.15) is 18.2 Å². The van der Waals surface area contributed by atoms with E-state index >= 15 is 0 Å². The van der Waals surface area contributed by atoms with Gasteiger partial charge in [-0.05, 0) is 32.0 Å². The van der Waals surface area contributed by atoms with Crippen LogP contribution in [0.5, 0.6) is 0 Å². The van der Waals surface area contributed by atoms with Crippen LogP contribution in [-0.2, 0) is 28.6 Å². The summed E-state index contributed by atoms with van der Waals surface area (Å²) >= 11 is 5.82. The highest BCUT2D eigenvalue weighted by Crippen LogP contribution is 2.18. The SMILES string of the molecule is COC1=CC[C@@H](C/C=C(C)/C=C\C=C/C(=O)NC(C(=O)N/C=C\CC(C/C=C(\C)Cl)OC(N)=O)C(C)C)OC1=O. The predicted molar refractivity (Wildman–Crippen MR) is 154 cm³/mol. The topological polar surface area (TPSA) is 146 Å². The number of nitrogens with two attached hydrogens (primary N) is 1. The summed E-state index contributed by atoms with van der Waals surface area (Å²) in [6.07, 6.45) is 15.0. The molecule has 1 rings (SSSR count). The van der Waals surface area contributed by atoms with Crippen molar-refractivity contribution in [3.8, 4) is 0 Å². The zero-order valence-electron chi connectivity index (χ0n) is 23.6. The Morgan fingerprint density at radius 1 is 1.18 bits per heavy atom. The molecule has 0 saturated heterocycles. The van der Waals surface area contributed by atoms with Gasteiger partial charge in [0.15, 0.2) is 5.76 Å². The van der Waals surface area contributed by atoms with Crippen molar-refractivity contribution in [2.45, 2.75) is 71.6 Å². The minimum atomic E-state index is -0.898. The maximum Gasteiger partial charge on any atom is 0.404 e. The van der Waals surface area contributed by atoms with E-state index in [-0.39, 0.29) is 23.7 Å². The second-order valence-electron chi connectivity index (χ2n) is 9.40. The fourth-order valence-electron chi connectivity index (χ4n) is 3.46. The maximum absolute atomic E-state index is 12.6. The Labute approximate surface area is 241 Å². The molecule has 0 aliphatic carbocycles. The minimum Gasteiger partial charge on any atom is -0.490 e. The number of halogens is 1. The summed E-state index contributed by atoms with van der Waals surface area (Å²) in [6, 6.07) is -0.766. The lowest BCUT2D eigenvalue weighted by Crippen LogP contribution is -2.48. The van der Waals surface area contributed by atoms with Crippen LogP contribution in [0.15, 0.2) is 71.2 Å². The van der Waals surface area contributed by atoms with Crippen molar-refractivity contribution in [1.29, 1.82) is 0 Å². The molecule has 3 atom stereocenters. The third-order valence-electron chi connectivity index (χ3n) is 5.62. The average Bonchev–Trinajstić information content (AvgIpc) is 2.88. The van der Waals surface area contributed by atoms with Crippen molar-refractivity contribution >= 4 is 35.5 Å². The highest BCUT2D eigenvalue weighted by molar-refractivity contribution is 6.29. The van der Waals surface area contributed by atoms with Crippen molar-refractivity contribution in [1.82, 2.24) is 10.6 Å². The number of allylic oxidation sites excluding steroid dienone is 5. The van der Waals surface area contributed by atoms with Crippen LogP contribution in [0, 0.1) is 5.92 Å². The molecule has 11 heteroatoms. The van der Waals surface area contributed by atoms with E-state index in [0.29, 0.717) is 30.7 Å². The van der Waals surface area contributed by atoms with E-state index in [4.69, 9.17) is 31.5 Å². The van der Waals surface area contributed by atoms with E-state index in [1.54, 1.807) is 37.3 Å². The molecule has 0 spiro atoms. The molecule has 0 radical (unpaired) electrons. The Balaban J connectivity index is 2.57. The number of hydrogen-bond acceptors (Lipinski definition) is 7. The van der Waals surface area contributed by atoms with Crippen molar-refractivity contribution in [2.24, 2.45) is 11.7 Å². The second-order valence-corrected chi connectivity index (χ2v) is 10.00. The highest BCUT2D eigenvalue weighted by atomic mass is 35.5. The fraction of sp³-hybridized carbons (Fsp3) is 0.448. The van der Waals surface area contributed by atoms with Gasteiger partial charge < -0.3 is 30.6 Å². The summed E-state index contributed by atoms with van der Waals surface area (Å²) in [7, 11) is 1.43. The molecular weight excluding hydrogens is 538 g/mol. The lowest BCUT2D eigenvalue weighted by molar-refractivity contribution is -0.149. The van der Waals surface area contributed by atoms with Gasteiger partial charge in [0, 0.05) is 36.8 Å². The lowest BCUT2D eigenvalue weighted by Gasteiger charge is -2.20. The Hall–Kier alpha value is -3.79. The van der Waals surface area contributed by atoms with Crippen molar-refractivity contribution in [3.05, 3.63) is 71.2 Å². The number of amides is 3. The molecule has 40 heavy (non-hydrogen) atoms. The average molecular weight is 578 g/mol. The van der Waals surface area contributed by atoms with Crippen LogP contribution in [0.3, 0.4) is 0 Å². The number of nitrogens with one attached hydrogen (secondary N) is 2. The second kappa shape index (κ2) is 18.5. The monoisotopic (exact) mass is 577 g/mol. The summed E-state index contributed by atoms with van der Waals surface area (Å²) < 4.78 is 15.3. The number of carbonyl (C=O) groups excluding carboxylic acids is 4. The van der Waals surface area contributed by atoms with E-state index < -0.39 is 30.1 Å². The van der Waals surface area contributed by atoms with Gasteiger partial charge in [0.25, 0.3) is 0 Å². The summed E-state index contributed by atoms with van der Waals surface area (Å²) in [6.45, 7) is 7.24. The molecule has 2 unspecified atom stereocenters. The third kappa shape index (κ3) is 14.4. The van der Waals surface area contributed by atoms with Crippen LogP contribution in [-0.4, -0.2) is 49.2 Å². The summed E-state index contributed by atoms with van der Waals surface area (Å²) in [4.78, 5) is 47.8. The Morgan fingerprint density at radius 2 is 1.88 bits per heavy atom. The van der Waals surface area contributed by atoms with E-state index in [9.17, 15) is 19.2 Å². The summed E-state index contributed by atoms with van der Waals surface area (Å²) in [5.74, 6) is -1.22. The number of methoxy groups -OCH3 is 1. The standard InChI is InChI=1S/C29H40ClN3O7/c1-19(2)26(27(35)32-18-8-10-22(40-29(31)37)15-13-21(4)30)33-25(34)11-7-6-9-20(3)12-14-23-16-17-24(38-5)28(36)39-23/h6-9,11-13,17-19,22-23,26H,10,14-16H2,1-5H3,(H2,31,37)(H,32,35)(H,33,34)/b9-6-,11-7-,18-8-,20-12+,21-13+/t22?,23-,26?/m1/s1. The third-order valence-corrected chi connectivity index (χ3v) is 5.77. The first-order chi connectivity index (χ1) is 18.9. The molecule has 0 aromatic heterocycles. The van der Waals surface area contributed by atoms with Gasteiger partial charge in [-0.15, -0.1) is 0 Å². The van der Waals surface area contributed by atoms with Gasteiger partial charge in [-0.25, -0.2) is 9.59 Å². The first-order valence-electron chi connectivity index (χ1n) is 12.9. The van der Waals surface area contributed by atoms with E-state index in [1.165, 1.54) is 19.4 Å². The minimum absolute atomic E-state index is 0.169. The molecule has 3 amide bonds. The highest BCUT2D eigenvalue weighted by Gasteiger charge is 2.23. The molecule has 0 aromatic rings. The van der Waals surface area contributed by atoms with Gasteiger partial charge in [0.2, 0.25) is 11.8 Å². The van der Waals surface area contributed by atoms with Gasteiger partial charge in [-0.1, -0.05) is 67.5 Å². The summed E-state index contributed by atoms with van der Waals surface area (Å²) in [5.41, 5.74) is 6.04. The van der Waals surface area contributed by atoms with E-state index in [1.807, 2.05) is 32.9 Å². The number of cyclic esters (lactones) is 1. The predicted octanol–water partition coefficient (Wildman–Crippen LogP) is 4.44. The number of primary amides is 1. The molecular formula is C29H40ClN3O7. The number of rotatable bonds is 15. The summed E-state index contributed by atoms with van der Waals surface area (Å²) in [5, 5.41) is 5.90. The van der Waals surface area contributed by atoms with Crippen LogP contribution in [0.25, 0.3) is 0 Å². The van der Waals surface area contributed by atoms with Gasteiger partial charge >= 0.3 is 12.1 Å². The Bertz CT molecular complexity index is 1070. The zero-order valence-corrected chi connectivity index (χ0v) is 24.4. The molecule has 4 N–H and O–H groups in total. The molecule has 1 aliphatic rings. The first kappa shape index (κ1) is 34.2. The molecule has 0 fully saturated rings. The molecule has 1 aliphatic heterocycles. The quantitative estimate of drug-likeness (QED) is 0.148. The lowest BCUT2D eigenvalue weighted by atomic mass is 10.0. The van der Waals surface area contributed by atoms with E-state index in [2.05, 4.69) is 10.6 Å². The smallest absolute Gasteiger partial charge is 0.404 e. The van der Waals surface area contributed by atoms with Crippen LogP contribution >= 0.6 is 11.6 Å². The van der Waals surface area contributed by atoms with Crippen LogP contribution in [0.4, 0.5) is 4.79 Å². The van der Waals surface area contributed by atoms with E-state index in [0.717, 1.165) is 5.57 Å². The Morgan fingerprint density at radius 3 is 2.48 bits per heavy atom. The molecule has 0 bridgehead atoms. The van der Waals surface area contributed by atoms with Crippen LogP contribution < -0.4 is 16.4 Å². The number of carbonyl (C=O) groups is 4. The van der Waals surface area contributed by atoms with Gasteiger partial charge in [-0.3, -0.25) is 9.59 Å². The molecule has 0 aromatic carbocycles. The zero-order chi connectivity index (χ0) is 30.1. The molecule has 10 nitrogen and oxygen atoms in total. The molecule has 1 heterocycles. The van der Waals surface area contributed by atoms with Crippen molar-refractivity contribution in [3.63, 3.8) is 0 Å². The number of ether oxygens (including phenoxy) is 3. The largest absolute Gasteiger partial charge is 0.490 e. The fourth-order valence-corrected chi connectivity index (χ4v) is 3.55. The van der Waals surface area contributed by atoms with Crippen molar-refractivity contribution in [2.75, 3.05) is 7.11 Å². The normalized spacial score (nSPS) is 18.0. The number of esters is 1. The van der Waals surface area contributed by atoms with Crippen LogP contribution in [0.2, 0.25) is 0 Å². The van der Waals surface area contributed by atoms with Gasteiger partial charge in [0.05, 0.1) is 7.11 Å². The maximum atomic E-state index is 12.6. The number of hydrogen-bond donors (Lipinski definition) is 3.